The minimum absolute atomic E-state index is 0.312. The van der Waals surface area contributed by atoms with Crippen molar-refractivity contribution < 1.29 is 9.59 Å². The molecule has 1 aliphatic carbocycles. The van der Waals surface area contributed by atoms with Gasteiger partial charge in [-0.1, -0.05) is 0 Å². The molecule has 0 aromatic carbocycles. The molecular formula is C18H12N6O2S2. The highest BCUT2D eigenvalue weighted by molar-refractivity contribution is 8.18. The van der Waals surface area contributed by atoms with Crippen LogP contribution in [0.25, 0.3) is 22.3 Å². The van der Waals surface area contributed by atoms with E-state index in [9.17, 15) is 9.59 Å². The molecule has 138 valence electrons. The van der Waals surface area contributed by atoms with Crippen LogP contribution in [-0.2, 0) is 4.79 Å². The smallest absolute Gasteiger partial charge is 0.290 e. The molecule has 2 amide bonds. The second-order valence-electron chi connectivity index (χ2n) is 6.41. The van der Waals surface area contributed by atoms with Crippen molar-refractivity contribution in [2.45, 2.75) is 18.9 Å². The molecule has 2 fully saturated rings. The summed E-state index contributed by atoms with van der Waals surface area (Å²) in [5.74, 6) is 0.386. The number of nitriles is 1. The van der Waals surface area contributed by atoms with E-state index in [1.165, 1.54) is 11.3 Å². The van der Waals surface area contributed by atoms with Gasteiger partial charge in [0.1, 0.15) is 16.8 Å². The summed E-state index contributed by atoms with van der Waals surface area (Å²) in [5.41, 5.74) is 1.94. The maximum absolute atomic E-state index is 11.9. The van der Waals surface area contributed by atoms with Crippen LogP contribution in [0.15, 0.2) is 29.3 Å². The van der Waals surface area contributed by atoms with Gasteiger partial charge in [-0.3, -0.25) is 14.9 Å². The number of rotatable bonds is 4. The van der Waals surface area contributed by atoms with Crippen molar-refractivity contribution in [2.24, 2.45) is 0 Å². The lowest BCUT2D eigenvalue weighted by Crippen LogP contribution is -2.17. The summed E-state index contributed by atoms with van der Waals surface area (Å²) >= 11 is 2.23. The lowest BCUT2D eigenvalue weighted by Gasteiger charge is -2.09. The Morgan fingerprint density at radius 2 is 2.21 bits per heavy atom. The lowest BCUT2D eigenvalue weighted by atomic mass is 10.2. The minimum Gasteiger partial charge on any atom is -0.367 e. The molecule has 1 saturated carbocycles. The summed E-state index contributed by atoms with van der Waals surface area (Å²) in [4.78, 5) is 29.8. The number of carbonyl (C=O) groups is 2. The third-order valence-electron chi connectivity index (χ3n) is 4.33. The molecule has 28 heavy (non-hydrogen) atoms. The Hall–Kier alpha value is -3.16. The Bertz CT molecular complexity index is 1210. The molecule has 1 aliphatic heterocycles. The number of hydrogen-bond acceptors (Lipinski definition) is 8. The van der Waals surface area contributed by atoms with Crippen LogP contribution in [0.1, 0.15) is 23.3 Å². The third-order valence-corrected chi connectivity index (χ3v) is 6.15. The van der Waals surface area contributed by atoms with Crippen molar-refractivity contribution in [3.05, 3.63) is 39.7 Å². The number of carbonyl (C=O) groups excluding carboxylic acids is 2. The molecule has 0 unspecified atom stereocenters. The molecule has 8 nitrogen and oxygen atoms in total. The lowest BCUT2D eigenvalue weighted by molar-refractivity contribution is -0.115. The predicted octanol–water partition coefficient (Wildman–Crippen LogP) is 3.23. The highest BCUT2D eigenvalue weighted by atomic mass is 32.2. The predicted molar refractivity (Wildman–Crippen MR) is 107 cm³/mol. The van der Waals surface area contributed by atoms with Gasteiger partial charge in [0.05, 0.1) is 21.7 Å². The van der Waals surface area contributed by atoms with Gasteiger partial charge in [-0.2, -0.15) is 14.9 Å². The average Bonchev–Trinajstić information content (AvgIpc) is 3.08. The zero-order valence-corrected chi connectivity index (χ0v) is 15.9. The first kappa shape index (κ1) is 17.0. The van der Waals surface area contributed by atoms with Gasteiger partial charge in [-0.05, 0) is 42.8 Å². The molecule has 1 saturated heterocycles. The number of hydrogen-bond donors (Lipinski definition) is 2. The number of fused-ring (bicyclic) bond motifs is 1. The molecule has 3 aromatic rings. The van der Waals surface area contributed by atoms with Crippen LogP contribution in [0, 0.1) is 11.3 Å². The van der Waals surface area contributed by atoms with Gasteiger partial charge >= 0.3 is 0 Å². The highest BCUT2D eigenvalue weighted by Gasteiger charge is 2.26. The summed E-state index contributed by atoms with van der Waals surface area (Å²) in [6.45, 7) is 0. The zero-order chi connectivity index (χ0) is 19.3. The molecular weight excluding hydrogens is 396 g/mol. The molecule has 5 rings (SSSR count). The number of imide groups is 1. The number of nitrogens with zero attached hydrogens (tertiary/aromatic N) is 4. The average molecular weight is 408 g/mol. The van der Waals surface area contributed by atoms with Gasteiger partial charge in [0.2, 0.25) is 0 Å². The van der Waals surface area contributed by atoms with Gasteiger partial charge in [-0.15, -0.1) is 11.3 Å². The van der Waals surface area contributed by atoms with Gasteiger partial charge < -0.3 is 5.32 Å². The molecule has 0 bridgehead atoms. The molecule has 3 aromatic heterocycles. The van der Waals surface area contributed by atoms with Crippen LogP contribution < -0.4 is 10.6 Å². The number of thiophene rings is 1. The van der Waals surface area contributed by atoms with E-state index in [1.807, 2.05) is 12.1 Å². The van der Waals surface area contributed by atoms with Crippen molar-refractivity contribution in [1.82, 2.24) is 19.9 Å². The fourth-order valence-electron chi connectivity index (χ4n) is 2.85. The summed E-state index contributed by atoms with van der Waals surface area (Å²) in [5, 5.41) is 18.8. The third kappa shape index (κ3) is 3.04. The molecule has 0 atom stereocenters. The second kappa shape index (κ2) is 6.47. The molecule has 2 aliphatic rings. The van der Waals surface area contributed by atoms with Crippen LogP contribution >= 0.6 is 23.1 Å². The van der Waals surface area contributed by atoms with Crippen molar-refractivity contribution in [2.75, 3.05) is 5.32 Å². The van der Waals surface area contributed by atoms with Crippen molar-refractivity contribution in [3.8, 4) is 16.6 Å². The van der Waals surface area contributed by atoms with Crippen LogP contribution in [0.4, 0.5) is 10.6 Å². The van der Waals surface area contributed by atoms with Crippen LogP contribution in [-0.4, -0.2) is 31.8 Å². The molecule has 4 heterocycles. The Labute approximate surface area is 167 Å². The van der Waals surface area contributed by atoms with E-state index in [2.05, 4.69) is 21.8 Å². The topological polar surface area (TPSA) is 112 Å². The van der Waals surface area contributed by atoms with Crippen LogP contribution in [0.2, 0.25) is 0 Å². The molecule has 0 spiro atoms. The SMILES string of the molecule is N#Cc1ccc(-c2cc(NC3CC3)n3ncc(/C=C4\SC(=O)NC4=O)c3n2)s1. The molecule has 2 N–H and O–H groups in total. The fraction of sp³-hybridized carbons (Fsp3) is 0.167. The van der Waals surface area contributed by atoms with E-state index < -0.39 is 5.91 Å². The van der Waals surface area contributed by atoms with E-state index in [4.69, 9.17) is 10.2 Å². The monoisotopic (exact) mass is 408 g/mol. The summed E-state index contributed by atoms with van der Waals surface area (Å²) in [7, 11) is 0. The maximum atomic E-state index is 11.9. The Kier molecular flexibility index (Phi) is 3.92. The van der Waals surface area contributed by atoms with Gasteiger partial charge in [-0.25, -0.2) is 4.98 Å². The van der Waals surface area contributed by atoms with Gasteiger partial charge in [0.25, 0.3) is 11.1 Å². The molecule has 10 heteroatoms. The maximum Gasteiger partial charge on any atom is 0.290 e. The van der Waals surface area contributed by atoms with Crippen molar-refractivity contribution >= 4 is 51.8 Å². The quantitative estimate of drug-likeness (QED) is 0.637. The molecule has 0 radical (unpaired) electrons. The number of thioether (sulfide) groups is 1. The van der Waals surface area contributed by atoms with E-state index in [0.717, 1.165) is 41.0 Å². The van der Waals surface area contributed by atoms with Crippen LogP contribution in [0.3, 0.4) is 0 Å². The first-order valence-electron chi connectivity index (χ1n) is 8.51. The second-order valence-corrected chi connectivity index (χ2v) is 8.51. The minimum atomic E-state index is -0.418. The highest BCUT2D eigenvalue weighted by Crippen LogP contribution is 2.33. The number of anilines is 1. The number of nitrogens with one attached hydrogen (secondary N) is 2. The Morgan fingerprint density at radius 1 is 1.36 bits per heavy atom. The number of aromatic nitrogens is 3. The van der Waals surface area contributed by atoms with Crippen molar-refractivity contribution in [3.63, 3.8) is 0 Å². The Morgan fingerprint density at radius 3 is 2.89 bits per heavy atom. The Balaban J connectivity index is 1.65. The van der Waals surface area contributed by atoms with Crippen LogP contribution in [0.5, 0.6) is 0 Å². The summed E-state index contributed by atoms with van der Waals surface area (Å²) in [6, 6.07) is 8.12. The van der Waals surface area contributed by atoms with Gasteiger partial charge in [0.15, 0.2) is 5.65 Å². The summed E-state index contributed by atoms with van der Waals surface area (Å²) < 4.78 is 1.70. The van der Waals surface area contributed by atoms with E-state index in [1.54, 1.807) is 22.9 Å². The van der Waals surface area contributed by atoms with Gasteiger partial charge in [0, 0.05) is 17.7 Å². The standard InChI is InChI=1S/C18H12N6O2S2/c19-7-11-3-4-13(27-11)12-6-15(21-10-1-2-10)24-16(22-12)9(8-20-24)5-14-17(25)23-18(26)28-14/h3-6,8,10,21H,1-2H2,(H,23,25,26)/b14-5-. The summed E-state index contributed by atoms with van der Waals surface area (Å²) in [6.07, 6.45) is 5.46. The fourth-order valence-corrected chi connectivity index (χ4v) is 4.28. The van der Waals surface area contributed by atoms with E-state index in [0.29, 0.717) is 27.0 Å². The van der Waals surface area contributed by atoms with E-state index in [-0.39, 0.29) is 5.24 Å². The zero-order valence-electron chi connectivity index (χ0n) is 14.3. The van der Waals surface area contributed by atoms with E-state index >= 15 is 0 Å². The first-order chi connectivity index (χ1) is 13.6. The number of amides is 2. The normalized spacial score (nSPS) is 17.9. The largest absolute Gasteiger partial charge is 0.367 e. The van der Waals surface area contributed by atoms with Crippen molar-refractivity contribution in [1.29, 1.82) is 5.26 Å². The first-order valence-corrected chi connectivity index (χ1v) is 10.1.